The van der Waals surface area contributed by atoms with Gasteiger partial charge >= 0.3 is 6.36 Å². The topological polar surface area (TPSA) is 58.2 Å². The zero-order valence-corrected chi connectivity index (χ0v) is 12.0. The summed E-state index contributed by atoms with van der Waals surface area (Å²) in [6.07, 6.45) is -0.104. The third-order valence-electron chi connectivity index (χ3n) is 3.78. The first-order chi connectivity index (χ1) is 10.9. The number of anilines is 1. The van der Waals surface area contributed by atoms with E-state index >= 15 is 0 Å². The van der Waals surface area contributed by atoms with E-state index in [4.69, 9.17) is 0 Å². The van der Waals surface area contributed by atoms with Crippen LogP contribution >= 0.6 is 0 Å². The molecule has 0 aliphatic carbocycles. The zero-order valence-electron chi connectivity index (χ0n) is 12.0. The van der Waals surface area contributed by atoms with E-state index in [2.05, 4.69) is 14.9 Å². The molecule has 1 N–H and O–H groups in total. The molecule has 1 aromatic carbocycles. The maximum absolute atomic E-state index is 12.2. The van der Waals surface area contributed by atoms with E-state index < -0.39 is 6.36 Å². The lowest BCUT2D eigenvalue weighted by molar-refractivity contribution is -0.274. The summed E-state index contributed by atoms with van der Waals surface area (Å²) < 4.78 is 40.3. The van der Waals surface area contributed by atoms with Crippen LogP contribution in [0.3, 0.4) is 0 Å². The molecule has 1 aromatic heterocycles. The van der Waals surface area contributed by atoms with Gasteiger partial charge in [0, 0.05) is 30.8 Å². The standard InChI is InChI=1S/C15H14F3N3O2/c16-15(17,18)23-13-4-2-12(3-5-13)21-9-10(1-6-14(21)22)11-7-19-20-8-11/h2-5,7-8,10H,1,6,9H2,(H,19,20). The summed E-state index contributed by atoms with van der Waals surface area (Å²) in [6, 6.07) is 5.32. The summed E-state index contributed by atoms with van der Waals surface area (Å²) >= 11 is 0. The summed E-state index contributed by atoms with van der Waals surface area (Å²) in [7, 11) is 0. The normalized spacial score (nSPS) is 19.0. The number of carbonyl (C=O) groups excluding carboxylic acids is 1. The van der Waals surface area contributed by atoms with Gasteiger partial charge in [-0.05, 0) is 36.2 Å². The number of alkyl halides is 3. The van der Waals surface area contributed by atoms with Crippen molar-refractivity contribution in [1.29, 1.82) is 0 Å². The van der Waals surface area contributed by atoms with Gasteiger partial charge in [-0.1, -0.05) is 0 Å². The first-order valence-corrected chi connectivity index (χ1v) is 7.07. The van der Waals surface area contributed by atoms with Gasteiger partial charge in [-0.25, -0.2) is 0 Å². The van der Waals surface area contributed by atoms with Crippen LogP contribution < -0.4 is 9.64 Å². The van der Waals surface area contributed by atoms with E-state index in [0.717, 1.165) is 12.0 Å². The molecule has 2 heterocycles. The van der Waals surface area contributed by atoms with Gasteiger partial charge in [0.1, 0.15) is 5.75 Å². The number of rotatable bonds is 3. The average molecular weight is 325 g/mol. The molecule has 122 valence electrons. The van der Waals surface area contributed by atoms with E-state index in [1.807, 2.05) is 0 Å². The smallest absolute Gasteiger partial charge is 0.406 e. The number of aromatic nitrogens is 2. The van der Waals surface area contributed by atoms with Crippen LogP contribution in [0.4, 0.5) is 18.9 Å². The maximum Gasteiger partial charge on any atom is 0.573 e. The van der Waals surface area contributed by atoms with Crippen LogP contribution in [0.5, 0.6) is 5.75 Å². The Hall–Kier alpha value is -2.51. The quantitative estimate of drug-likeness (QED) is 0.943. The zero-order chi connectivity index (χ0) is 16.4. The van der Waals surface area contributed by atoms with Crippen molar-refractivity contribution in [1.82, 2.24) is 10.2 Å². The van der Waals surface area contributed by atoms with E-state index in [9.17, 15) is 18.0 Å². The summed E-state index contributed by atoms with van der Waals surface area (Å²) in [5, 5.41) is 6.65. The highest BCUT2D eigenvalue weighted by Gasteiger charge is 2.31. The molecule has 0 saturated carbocycles. The van der Waals surface area contributed by atoms with E-state index in [0.29, 0.717) is 18.7 Å². The second-order valence-corrected chi connectivity index (χ2v) is 5.31. The van der Waals surface area contributed by atoms with Crippen molar-refractivity contribution in [3.8, 4) is 5.75 Å². The first-order valence-electron chi connectivity index (χ1n) is 7.07. The number of hydrogen-bond donors (Lipinski definition) is 1. The van der Waals surface area contributed by atoms with Crippen molar-refractivity contribution in [2.45, 2.75) is 25.1 Å². The van der Waals surface area contributed by atoms with Crippen molar-refractivity contribution in [3.63, 3.8) is 0 Å². The molecular weight excluding hydrogens is 311 g/mol. The van der Waals surface area contributed by atoms with Crippen molar-refractivity contribution < 1.29 is 22.7 Å². The average Bonchev–Trinajstić information content (AvgIpc) is 3.01. The largest absolute Gasteiger partial charge is 0.573 e. The predicted octanol–water partition coefficient (Wildman–Crippen LogP) is 3.22. The molecule has 1 saturated heterocycles. The minimum absolute atomic E-state index is 0.0470. The van der Waals surface area contributed by atoms with Gasteiger partial charge in [0.05, 0.1) is 6.20 Å². The number of carbonyl (C=O) groups is 1. The highest BCUT2D eigenvalue weighted by Crippen LogP contribution is 2.31. The Kier molecular flexibility index (Phi) is 3.97. The van der Waals surface area contributed by atoms with Crippen LogP contribution in [0.15, 0.2) is 36.7 Å². The second kappa shape index (κ2) is 5.94. The van der Waals surface area contributed by atoms with Crippen molar-refractivity contribution >= 4 is 11.6 Å². The molecule has 3 rings (SSSR count). The van der Waals surface area contributed by atoms with Crippen molar-refractivity contribution in [2.75, 3.05) is 11.4 Å². The molecule has 0 spiro atoms. The molecule has 0 radical (unpaired) electrons. The number of H-pyrrole nitrogens is 1. The number of halogens is 3. The lowest BCUT2D eigenvalue weighted by Crippen LogP contribution is -2.39. The van der Waals surface area contributed by atoms with Gasteiger partial charge in [0.2, 0.25) is 5.91 Å². The molecule has 0 bridgehead atoms. The summed E-state index contributed by atoms with van der Waals surface area (Å²) in [5.41, 5.74) is 1.57. The van der Waals surface area contributed by atoms with Gasteiger partial charge in [0.25, 0.3) is 0 Å². The molecule has 5 nitrogen and oxygen atoms in total. The van der Waals surface area contributed by atoms with Gasteiger partial charge in [-0.2, -0.15) is 5.10 Å². The van der Waals surface area contributed by atoms with Gasteiger partial charge < -0.3 is 9.64 Å². The molecule has 1 atom stereocenters. The molecule has 2 aromatic rings. The Labute approximate surface area is 130 Å². The maximum atomic E-state index is 12.2. The van der Waals surface area contributed by atoms with Crippen LogP contribution in [-0.2, 0) is 4.79 Å². The Balaban J connectivity index is 1.75. The monoisotopic (exact) mass is 325 g/mol. The number of benzene rings is 1. The fourth-order valence-electron chi connectivity index (χ4n) is 2.68. The van der Waals surface area contributed by atoms with E-state index in [1.165, 1.54) is 24.3 Å². The number of amides is 1. The molecule has 1 aliphatic heterocycles. The summed E-state index contributed by atoms with van der Waals surface area (Å²) in [5.74, 6) is -0.205. The Bertz CT molecular complexity index is 668. The Morgan fingerprint density at radius 2 is 2.00 bits per heavy atom. The lowest BCUT2D eigenvalue weighted by atomic mass is 9.92. The van der Waals surface area contributed by atoms with E-state index in [1.54, 1.807) is 17.3 Å². The molecule has 23 heavy (non-hydrogen) atoms. The predicted molar refractivity (Wildman–Crippen MR) is 76.0 cm³/mol. The highest BCUT2D eigenvalue weighted by atomic mass is 19.4. The summed E-state index contributed by atoms with van der Waals surface area (Å²) in [4.78, 5) is 13.7. The number of nitrogens with one attached hydrogen (secondary N) is 1. The molecule has 1 unspecified atom stereocenters. The number of hydrogen-bond acceptors (Lipinski definition) is 3. The fourth-order valence-corrected chi connectivity index (χ4v) is 2.68. The number of ether oxygens (including phenoxy) is 1. The lowest BCUT2D eigenvalue weighted by Gasteiger charge is -2.32. The van der Waals surface area contributed by atoms with E-state index in [-0.39, 0.29) is 17.6 Å². The van der Waals surface area contributed by atoms with Gasteiger partial charge in [-0.3, -0.25) is 9.89 Å². The minimum atomic E-state index is -4.73. The van der Waals surface area contributed by atoms with Crippen molar-refractivity contribution in [2.24, 2.45) is 0 Å². The third-order valence-corrected chi connectivity index (χ3v) is 3.78. The third kappa shape index (κ3) is 3.64. The molecule has 1 fully saturated rings. The van der Waals surface area contributed by atoms with Crippen LogP contribution in [0.2, 0.25) is 0 Å². The number of piperidine rings is 1. The highest BCUT2D eigenvalue weighted by molar-refractivity contribution is 5.94. The Morgan fingerprint density at radius 3 is 2.61 bits per heavy atom. The van der Waals surface area contributed by atoms with Crippen molar-refractivity contribution in [3.05, 3.63) is 42.2 Å². The Morgan fingerprint density at radius 1 is 1.26 bits per heavy atom. The van der Waals surface area contributed by atoms with Gasteiger partial charge in [-0.15, -0.1) is 13.2 Å². The van der Waals surface area contributed by atoms with Crippen LogP contribution in [0.25, 0.3) is 0 Å². The second-order valence-electron chi connectivity index (χ2n) is 5.31. The molecule has 1 amide bonds. The van der Waals surface area contributed by atoms with Crippen LogP contribution in [0, 0.1) is 0 Å². The minimum Gasteiger partial charge on any atom is -0.406 e. The number of aromatic amines is 1. The number of nitrogens with zero attached hydrogens (tertiary/aromatic N) is 2. The first kappa shape index (κ1) is 15.4. The molecule has 1 aliphatic rings. The van der Waals surface area contributed by atoms with Crippen LogP contribution in [-0.4, -0.2) is 29.0 Å². The van der Waals surface area contributed by atoms with Gasteiger partial charge in [0.15, 0.2) is 0 Å². The summed E-state index contributed by atoms with van der Waals surface area (Å²) in [6.45, 7) is 0.470. The molecular formula is C15H14F3N3O2. The fraction of sp³-hybridized carbons (Fsp3) is 0.333. The van der Waals surface area contributed by atoms with Crippen LogP contribution in [0.1, 0.15) is 24.3 Å². The molecule has 8 heteroatoms. The SMILES string of the molecule is O=C1CCC(c2cn[nH]c2)CN1c1ccc(OC(F)(F)F)cc1.